The Bertz CT molecular complexity index is 314. The highest BCUT2D eigenvalue weighted by atomic mass is 14.7. The fourth-order valence-electron chi connectivity index (χ4n) is 2.02. The molecule has 1 aromatic heterocycles. The van der Waals surface area contributed by atoms with Gasteiger partial charge in [-0.3, -0.25) is 4.98 Å². The van der Waals surface area contributed by atoms with E-state index in [1.807, 2.05) is 6.20 Å². The Morgan fingerprint density at radius 1 is 1.47 bits per heavy atom. The molecule has 0 radical (unpaired) electrons. The van der Waals surface area contributed by atoms with Crippen molar-refractivity contribution in [1.82, 2.24) is 4.98 Å². The van der Waals surface area contributed by atoms with E-state index in [0.29, 0.717) is 5.92 Å². The smallest absolute Gasteiger partial charge is 0.0419 e. The van der Waals surface area contributed by atoms with Gasteiger partial charge in [0.15, 0.2) is 0 Å². The molecule has 0 aliphatic heterocycles. The lowest BCUT2D eigenvalue weighted by Crippen LogP contribution is -2.32. The van der Waals surface area contributed by atoms with Crippen LogP contribution in [-0.2, 0) is 6.42 Å². The van der Waals surface area contributed by atoms with Gasteiger partial charge in [-0.15, -0.1) is 0 Å². The van der Waals surface area contributed by atoms with Crippen LogP contribution in [0, 0.1) is 18.8 Å². The fraction of sp³-hybridized carbons (Fsp3) is 0.615. The first-order valence-corrected chi connectivity index (χ1v) is 5.84. The first-order chi connectivity index (χ1) is 7.16. The fourth-order valence-corrected chi connectivity index (χ4v) is 2.02. The van der Waals surface area contributed by atoms with Crippen molar-refractivity contribution in [3.05, 3.63) is 29.6 Å². The molecule has 1 aliphatic rings. The van der Waals surface area contributed by atoms with E-state index < -0.39 is 0 Å². The second-order valence-corrected chi connectivity index (χ2v) is 4.89. The molecule has 1 saturated carbocycles. The molecule has 1 fully saturated rings. The Morgan fingerprint density at radius 2 is 2.20 bits per heavy atom. The maximum Gasteiger partial charge on any atom is 0.0419 e. The first-order valence-electron chi connectivity index (χ1n) is 5.84. The molecule has 15 heavy (non-hydrogen) atoms. The zero-order chi connectivity index (χ0) is 10.8. The molecule has 1 heterocycles. The lowest BCUT2D eigenvalue weighted by atomic mass is 9.93. The maximum atomic E-state index is 6.19. The van der Waals surface area contributed by atoms with E-state index in [1.165, 1.54) is 18.4 Å². The minimum absolute atomic E-state index is 0.271. The van der Waals surface area contributed by atoms with Gasteiger partial charge in [0.1, 0.15) is 0 Å². The van der Waals surface area contributed by atoms with Crippen molar-refractivity contribution in [2.24, 2.45) is 17.6 Å². The van der Waals surface area contributed by atoms with E-state index in [0.717, 1.165) is 18.0 Å². The number of rotatable bonds is 4. The van der Waals surface area contributed by atoms with Crippen LogP contribution in [0.15, 0.2) is 18.3 Å². The molecule has 2 unspecified atom stereocenters. The highest BCUT2D eigenvalue weighted by molar-refractivity contribution is 5.13. The molecule has 0 aromatic carbocycles. The van der Waals surface area contributed by atoms with Crippen LogP contribution in [0.4, 0.5) is 0 Å². The normalized spacial score (nSPS) is 19.9. The SMILES string of the molecule is Cc1ccc(CC(N)C(C)C2CC2)nc1. The Kier molecular flexibility index (Phi) is 3.06. The number of pyridine rings is 1. The second kappa shape index (κ2) is 4.31. The average Bonchev–Trinajstić information content (AvgIpc) is 3.04. The molecule has 0 spiro atoms. The topological polar surface area (TPSA) is 38.9 Å². The molecule has 0 amide bonds. The summed E-state index contributed by atoms with van der Waals surface area (Å²) in [6.45, 7) is 4.33. The Balaban J connectivity index is 1.92. The summed E-state index contributed by atoms with van der Waals surface area (Å²) in [6, 6.07) is 4.47. The summed E-state index contributed by atoms with van der Waals surface area (Å²) in [5.74, 6) is 1.53. The Hall–Kier alpha value is -0.890. The molecule has 2 atom stereocenters. The Morgan fingerprint density at radius 3 is 2.73 bits per heavy atom. The van der Waals surface area contributed by atoms with Crippen molar-refractivity contribution in [3.63, 3.8) is 0 Å². The summed E-state index contributed by atoms with van der Waals surface area (Å²) < 4.78 is 0. The molecule has 0 saturated heterocycles. The lowest BCUT2D eigenvalue weighted by Gasteiger charge is -2.18. The summed E-state index contributed by atoms with van der Waals surface area (Å²) in [5.41, 5.74) is 8.52. The number of nitrogens with zero attached hydrogens (tertiary/aromatic N) is 1. The minimum atomic E-state index is 0.271. The van der Waals surface area contributed by atoms with Gasteiger partial charge in [0.25, 0.3) is 0 Å². The molecule has 2 nitrogen and oxygen atoms in total. The molecular formula is C13H20N2. The van der Waals surface area contributed by atoms with Crippen molar-refractivity contribution < 1.29 is 0 Å². The van der Waals surface area contributed by atoms with Gasteiger partial charge in [0, 0.05) is 24.4 Å². The van der Waals surface area contributed by atoms with Crippen molar-refractivity contribution in [1.29, 1.82) is 0 Å². The number of hydrogen-bond acceptors (Lipinski definition) is 2. The van der Waals surface area contributed by atoms with Crippen LogP contribution in [0.25, 0.3) is 0 Å². The van der Waals surface area contributed by atoms with E-state index in [9.17, 15) is 0 Å². The predicted octanol–water partition coefficient (Wildman–Crippen LogP) is 2.31. The summed E-state index contributed by atoms with van der Waals surface area (Å²) in [6.07, 6.45) is 5.58. The monoisotopic (exact) mass is 204 g/mol. The Labute approximate surface area is 91.9 Å². The summed E-state index contributed by atoms with van der Waals surface area (Å²) in [7, 11) is 0. The van der Waals surface area contributed by atoms with E-state index in [-0.39, 0.29) is 6.04 Å². The zero-order valence-corrected chi connectivity index (χ0v) is 9.61. The number of aryl methyl sites for hydroxylation is 1. The molecule has 1 aromatic rings. The highest BCUT2D eigenvalue weighted by Crippen LogP contribution is 2.38. The van der Waals surface area contributed by atoms with Gasteiger partial charge >= 0.3 is 0 Å². The van der Waals surface area contributed by atoms with Crippen LogP contribution in [0.1, 0.15) is 31.0 Å². The maximum absolute atomic E-state index is 6.19. The van der Waals surface area contributed by atoms with Gasteiger partial charge in [-0.1, -0.05) is 13.0 Å². The predicted molar refractivity (Wildman–Crippen MR) is 62.5 cm³/mol. The molecule has 82 valence electrons. The van der Waals surface area contributed by atoms with Crippen LogP contribution >= 0.6 is 0 Å². The third-order valence-corrected chi connectivity index (χ3v) is 3.46. The van der Waals surface area contributed by atoms with Gasteiger partial charge in [-0.2, -0.15) is 0 Å². The van der Waals surface area contributed by atoms with E-state index in [4.69, 9.17) is 5.73 Å². The average molecular weight is 204 g/mol. The van der Waals surface area contributed by atoms with Crippen LogP contribution in [0.2, 0.25) is 0 Å². The van der Waals surface area contributed by atoms with E-state index in [1.54, 1.807) is 0 Å². The first kappa shape index (κ1) is 10.6. The van der Waals surface area contributed by atoms with Crippen molar-refractivity contribution in [2.75, 3.05) is 0 Å². The van der Waals surface area contributed by atoms with Gasteiger partial charge in [0.2, 0.25) is 0 Å². The standard InChI is InChI=1S/C13H20N2/c1-9-3-6-12(15-8-9)7-13(14)10(2)11-4-5-11/h3,6,8,10-11,13H,4-5,7,14H2,1-2H3. The third kappa shape index (κ3) is 2.78. The van der Waals surface area contributed by atoms with Crippen LogP contribution < -0.4 is 5.73 Å². The van der Waals surface area contributed by atoms with Gasteiger partial charge in [0.05, 0.1) is 0 Å². The summed E-state index contributed by atoms with van der Waals surface area (Å²) in [5, 5.41) is 0. The largest absolute Gasteiger partial charge is 0.327 e. The molecule has 2 rings (SSSR count). The zero-order valence-electron chi connectivity index (χ0n) is 9.61. The molecular weight excluding hydrogens is 184 g/mol. The number of aromatic nitrogens is 1. The summed E-state index contributed by atoms with van der Waals surface area (Å²) >= 11 is 0. The number of hydrogen-bond donors (Lipinski definition) is 1. The van der Waals surface area contributed by atoms with E-state index >= 15 is 0 Å². The molecule has 0 bridgehead atoms. The summed E-state index contributed by atoms with van der Waals surface area (Å²) in [4.78, 5) is 4.40. The van der Waals surface area contributed by atoms with E-state index in [2.05, 4.69) is 31.0 Å². The van der Waals surface area contributed by atoms with Crippen LogP contribution in [0.3, 0.4) is 0 Å². The quantitative estimate of drug-likeness (QED) is 0.817. The molecule has 2 N–H and O–H groups in total. The minimum Gasteiger partial charge on any atom is -0.327 e. The van der Waals surface area contributed by atoms with Gasteiger partial charge in [-0.25, -0.2) is 0 Å². The number of nitrogens with two attached hydrogens (primary N) is 1. The van der Waals surface area contributed by atoms with Crippen LogP contribution in [0.5, 0.6) is 0 Å². The van der Waals surface area contributed by atoms with Crippen molar-refractivity contribution in [2.45, 2.75) is 39.2 Å². The van der Waals surface area contributed by atoms with Gasteiger partial charge < -0.3 is 5.73 Å². The third-order valence-electron chi connectivity index (χ3n) is 3.46. The van der Waals surface area contributed by atoms with Gasteiger partial charge in [-0.05, 0) is 43.2 Å². The van der Waals surface area contributed by atoms with Crippen LogP contribution in [-0.4, -0.2) is 11.0 Å². The van der Waals surface area contributed by atoms with Crippen molar-refractivity contribution in [3.8, 4) is 0 Å². The second-order valence-electron chi connectivity index (χ2n) is 4.89. The highest BCUT2D eigenvalue weighted by Gasteiger charge is 2.31. The molecule has 1 aliphatic carbocycles. The van der Waals surface area contributed by atoms with Crippen molar-refractivity contribution >= 4 is 0 Å². The molecule has 2 heteroatoms. The lowest BCUT2D eigenvalue weighted by molar-refractivity contribution is 0.402.